The molecule has 0 radical (unpaired) electrons. The summed E-state index contributed by atoms with van der Waals surface area (Å²) in [6.07, 6.45) is 3.09. The Morgan fingerprint density at radius 3 is 2.76 bits per heavy atom. The average molecular weight is 301 g/mol. The number of ether oxygens (including phenoxy) is 1. The summed E-state index contributed by atoms with van der Waals surface area (Å²) in [7, 11) is 1.61. The SMILES string of the molecule is COC1(CC(=O)c2cccc(Br)c2F)CCC1. The summed E-state index contributed by atoms with van der Waals surface area (Å²) in [4.78, 5) is 12.0. The lowest BCUT2D eigenvalue weighted by Crippen LogP contribution is -2.41. The molecule has 0 atom stereocenters. The van der Waals surface area contributed by atoms with Crippen molar-refractivity contribution in [1.29, 1.82) is 0 Å². The van der Waals surface area contributed by atoms with Crippen molar-refractivity contribution in [1.82, 2.24) is 0 Å². The summed E-state index contributed by atoms with van der Waals surface area (Å²) < 4.78 is 19.4. The van der Waals surface area contributed by atoms with Crippen LogP contribution in [0.3, 0.4) is 0 Å². The molecule has 0 unspecified atom stereocenters. The number of halogens is 2. The molecule has 0 aromatic heterocycles. The van der Waals surface area contributed by atoms with Crippen LogP contribution >= 0.6 is 15.9 Å². The number of carbonyl (C=O) groups is 1. The fraction of sp³-hybridized carbons (Fsp3) is 0.462. The molecule has 1 aliphatic carbocycles. The van der Waals surface area contributed by atoms with Gasteiger partial charge in [-0.15, -0.1) is 0 Å². The molecule has 0 saturated heterocycles. The molecule has 1 aromatic carbocycles. The van der Waals surface area contributed by atoms with E-state index in [1.165, 1.54) is 6.07 Å². The minimum Gasteiger partial charge on any atom is -0.378 e. The normalized spacial score (nSPS) is 17.6. The van der Waals surface area contributed by atoms with Crippen LogP contribution in [-0.4, -0.2) is 18.5 Å². The number of Topliss-reactive ketones (excluding diaryl/α,β-unsaturated/α-hetero) is 1. The van der Waals surface area contributed by atoms with Gasteiger partial charge in [0.2, 0.25) is 0 Å². The molecule has 1 aromatic rings. The van der Waals surface area contributed by atoms with Crippen molar-refractivity contribution >= 4 is 21.7 Å². The van der Waals surface area contributed by atoms with Crippen molar-refractivity contribution in [3.63, 3.8) is 0 Å². The van der Waals surface area contributed by atoms with Gasteiger partial charge in [0.25, 0.3) is 0 Å². The van der Waals surface area contributed by atoms with E-state index in [-0.39, 0.29) is 23.4 Å². The van der Waals surface area contributed by atoms with Gasteiger partial charge in [0, 0.05) is 13.5 Å². The third-order valence-corrected chi connectivity index (χ3v) is 4.04. The van der Waals surface area contributed by atoms with Crippen LogP contribution in [0.1, 0.15) is 36.0 Å². The van der Waals surface area contributed by atoms with E-state index in [1.54, 1.807) is 19.2 Å². The zero-order valence-electron chi connectivity index (χ0n) is 9.63. The molecule has 1 aliphatic rings. The van der Waals surface area contributed by atoms with Gasteiger partial charge < -0.3 is 4.74 Å². The van der Waals surface area contributed by atoms with Crippen molar-refractivity contribution in [2.75, 3.05) is 7.11 Å². The van der Waals surface area contributed by atoms with E-state index in [9.17, 15) is 9.18 Å². The summed E-state index contributed by atoms with van der Waals surface area (Å²) in [5.41, 5.74) is -0.214. The summed E-state index contributed by atoms with van der Waals surface area (Å²) in [5, 5.41) is 0. The van der Waals surface area contributed by atoms with Gasteiger partial charge in [-0.05, 0) is 47.3 Å². The molecule has 4 heteroatoms. The van der Waals surface area contributed by atoms with Crippen molar-refractivity contribution in [3.8, 4) is 0 Å². The van der Waals surface area contributed by atoms with Crippen molar-refractivity contribution in [2.45, 2.75) is 31.3 Å². The van der Waals surface area contributed by atoms with E-state index in [0.717, 1.165) is 19.3 Å². The molecule has 1 saturated carbocycles. The Bertz CT molecular complexity index is 436. The highest BCUT2D eigenvalue weighted by Gasteiger charge is 2.39. The molecular weight excluding hydrogens is 287 g/mol. The monoisotopic (exact) mass is 300 g/mol. The first kappa shape index (κ1) is 12.7. The number of rotatable bonds is 4. The van der Waals surface area contributed by atoms with Gasteiger partial charge in [-0.25, -0.2) is 4.39 Å². The number of hydrogen-bond donors (Lipinski definition) is 0. The molecule has 0 aliphatic heterocycles. The highest BCUT2D eigenvalue weighted by atomic mass is 79.9. The fourth-order valence-electron chi connectivity index (χ4n) is 2.13. The number of hydrogen-bond acceptors (Lipinski definition) is 2. The van der Waals surface area contributed by atoms with Gasteiger partial charge in [-0.1, -0.05) is 6.07 Å². The summed E-state index contributed by atoms with van der Waals surface area (Å²) in [5.74, 6) is -0.673. The molecule has 0 heterocycles. The van der Waals surface area contributed by atoms with E-state index < -0.39 is 5.82 Å². The Morgan fingerprint density at radius 1 is 1.53 bits per heavy atom. The first-order valence-electron chi connectivity index (χ1n) is 5.60. The topological polar surface area (TPSA) is 26.3 Å². The van der Waals surface area contributed by atoms with Crippen LogP contribution in [0, 0.1) is 5.82 Å². The van der Waals surface area contributed by atoms with Crippen molar-refractivity contribution < 1.29 is 13.9 Å². The molecule has 17 heavy (non-hydrogen) atoms. The number of ketones is 1. The maximum atomic E-state index is 13.7. The molecule has 1 fully saturated rings. The lowest BCUT2D eigenvalue weighted by atomic mass is 9.76. The van der Waals surface area contributed by atoms with Crippen LogP contribution in [0.4, 0.5) is 4.39 Å². The van der Waals surface area contributed by atoms with E-state index >= 15 is 0 Å². The Kier molecular flexibility index (Phi) is 3.64. The Balaban J connectivity index is 2.17. The third-order valence-electron chi connectivity index (χ3n) is 3.43. The minimum atomic E-state index is -0.483. The van der Waals surface area contributed by atoms with Gasteiger partial charge in [0.05, 0.1) is 15.6 Å². The van der Waals surface area contributed by atoms with Crippen molar-refractivity contribution in [3.05, 3.63) is 34.1 Å². The lowest BCUT2D eigenvalue weighted by molar-refractivity contribution is -0.0705. The van der Waals surface area contributed by atoms with E-state index in [4.69, 9.17) is 4.74 Å². The maximum Gasteiger partial charge on any atom is 0.168 e. The smallest absolute Gasteiger partial charge is 0.168 e. The number of methoxy groups -OCH3 is 1. The van der Waals surface area contributed by atoms with E-state index in [0.29, 0.717) is 4.47 Å². The van der Waals surface area contributed by atoms with Crippen LogP contribution in [0.2, 0.25) is 0 Å². The largest absolute Gasteiger partial charge is 0.378 e. The molecule has 0 bridgehead atoms. The van der Waals surface area contributed by atoms with Crippen LogP contribution in [0.5, 0.6) is 0 Å². The number of benzene rings is 1. The van der Waals surface area contributed by atoms with Crippen LogP contribution in [0.15, 0.2) is 22.7 Å². The lowest BCUT2D eigenvalue weighted by Gasteiger charge is -2.40. The Morgan fingerprint density at radius 2 is 2.24 bits per heavy atom. The van der Waals surface area contributed by atoms with E-state index in [1.807, 2.05) is 0 Å². The number of carbonyl (C=O) groups excluding carboxylic acids is 1. The summed E-state index contributed by atoms with van der Waals surface area (Å²) in [6.45, 7) is 0. The second-order valence-corrected chi connectivity index (χ2v) is 5.30. The zero-order chi connectivity index (χ0) is 12.5. The second-order valence-electron chi connectivity index (χ2n) is 4.44. The Labute approximate surface area is 108 Å². The molecule has 0 N–H and O–H groups in total. The molecule has 2 nitrogen and oxygen atoms in total. The zero-order valence-corrected chi connectivity index (χ0v) is 11.2. The summed E-state index contributed by atoms with van der Waals surface area (Å²) in [6, 6.07) is 4.77. The highest BCUT2D eigenvalue weighted by Crippen LogP contribution is 2.39. The van der Waals surface area contributed by atoms with E-state index in [2.05, 4.69) is 15.9 Å². The fourth-order valence-corrected chi connectivity index (χ4v) is 2.50. The molecule has 0 spiro atoms. The Hall–Kier alpha value is -0.740. The quantitative estimate of drug-likeness (QED) is 0.792. The second kappa shape index (κ2) is 4.86. The maximum absolute atomic E-state index is 13.7. The predicted octanol–water partition coefficient (Wildman–Crippen LogP) is 3.73. The van der Waals surface area contributed by atoms with Crippen LogP contribution < -0.4 is 0 Å². The van der Waals surface area contributed by atoms with Gasteiger partial charge in [0.1, 0.15) is 5.82 Å². The highest BCUT2D eigenvalue weighted by molar-refractivity contribution is 9.10. The average Bonchev–Trinajstić information content (AvgIpc) is 2.27. The van der Waals surface area contributed by atoms with Gasteiger partial charge in [0.15, 0.2) is 5.78 Å². The van der Waals surface area contributed by atoms with Gasteiger partial charge >= 0.3 is 0 Å². The van der Waals surface area contributed by atoms with Crippen LogP contribution in [0.25, 0.3) is 0 Å². The van der Waals surface area contributed by atoms with Crippen LogP contribution in [-0.2, 0) is 4.74 Å². The van der Waals surface area contributed by atoms with Crippen molar-refractivity contribution in [2.24, 2.45) is 0 Å². The minimum absolute atomic E-state index is 0.141. The standard InChI is InChI=1S/C13H14BrFO2/c1-17-13(6-3-7-13)8-11(16)9-4-2-5-10(14)12(9)15/h2,4-5H,3,6-8H2,1H3. The molecule has 2 rings (SSSR count). The van der Waals surface area contributed by atoms with Gasteiger partial charge in [-0.2, -0.15) is 0 Å². The third kappa shape index (κ3) is 2.43. The predicted molar refractivity (Wildman–Crippen MR) is 66.6 cm³/mol. The molecular formula is C13H14BrFO2. The first-order chi connectivity index (χ1) is 8.08. The summed E-state index contributed by atoms with van der Waals surface area (Å²) >= 11 is 3.08. The first-order valence-corrected chi connectivity index (χ1v) is 6.40. The molecule has 0 amide bonds. The van der Waals surface area contributed by atoms with Gasteiger partial charge in [-0.3, -0.25) is 4.79 Å². The molecule has 92 valence electrons.